The Hall–Kier alpha value is -0.810. The molecular formula is C22H40N4O. The van der Waals surface area contributed by atoms with Gasteiger partial charge in [-0.25, -0.2) is 0 Å². The Morgan fingerprint density at radius 2 is 1.78 bits per heavy atom. The molecule has 0 aromatic heterocycles. The molecule has 3 aliphatic carbocycles. The van der Waals surface area contributed by atoms with E-state index < -0.39 is 0 Å². The summed E-state index contributed by atoms with van der Waals surface area (Å²) in [7, 11) is 0. The molecule has 0 radical (unpaired) electrons. The standard InChI is InChI=1S/C22H40N4O/c1-3-23-21(25-19-16-20(27-4-2)22(19)12-7-13-22)24-17-10-14-26(15-11-17)18-8-5-6-9-18/h17-20H,3-16H2,1-2H3,(H2,23,24,25). The molecule has 2 unspecified atom stereocenters. The van der Waals surface area contributed by atoms with Gasteiger partial charge in [-0.15, -0.1) is 0 Å². The average Bonchev–Trinajstić information content (AvgIpc) is 3.15. The van der Waals surface area contributed by atoms with Crippen molar-refractivity contribution in [3.05, 3.63) is 0 Å². The molecule has 154 valence electrons. The number of ether oxygens (including phenoxy) is 1. The molecule has 5 nitrogen and oxygen atoms in total. The van der Waals surface area contributed by atoms with Crippen molar-refractivity contribution in [2.75, 3.05) is 26.2 Å². The number of likely N-dealkylation sites (tertiary alicyclic amines) is 1. The Balaban J connectivity index is 1.27. The van der Waals surface area contributed by atoms with Crippen LogP contribution in [0.5, 0.6) is 0 Å². The first kappa shape index (κ1) is 19.5. The molecule has 2 atom stereocenters. The fourth-order valence-electron chi connectivity index (χ4n) is 5.97. The van der Waals surface area contributed by atoms with E-state index in [1.165, 1.54) is 70.9 Å². The highest BCUT2D eigenvalue weighted by Gasteiger charge is 2.59. The molecule has 4 aliphatic rings. The van der Waals surface area contributed by atoms with E-state index >= 15 is 0 Å². The van der Waals surface area contributed by atoms with Crippen LogP contribution in [0.4, 0.5) is 0 Å². The second kappa shape index (κ2) is 8.69. The van der Waals surface area contributed by atoms with Crippen molar-refractivity contribution in [1.82, 2.24) is 15.5 Å². The minimum absolute atomic E-state index is 0.387. The molecule has 4 rings (SSSR count). The zero-order chi connectivity index (χ0) is 18.7. The number of guanidine groups is 1. The first-order valence-electron chi connectivity index (χ1n) is 11.7. The first-order chi connectivity index (χ1) is 13.2. The van der Waals surface area contributed by atoms with E-state index in [1.54, 1.807) is 0 Å². The predicted molar refractivity (Wildman–Crippen MR) is 111 cm³/mol. The third-order valence-corrected chi connectivity index (χ3v) is 7.78. The van der Waals surface area contributed by atoms with Gasteiger partial charge in [0.2, 0.25) is 0 Å². The third-order valence-electron chi connectivity index (χ3n) is 7.78. The summed E-state index contributed by atoms with van der Waals surface area (Å²) >= 11 is 0. The van der Waals surface area contributed by atoms with E-state index in [0.29, 0.717) is 23.6 Å². The van der Waals surface area contributed by atoms with Gasteiger partial charge in [0.1, 0.15) is 0 Å². The fourth-order valence-corrected chi connectivity index (χ4v) is 5.97. The van der Waals surface area contributed by atoms with E-state index in [9.17, 15) is 0 Å². The lowest BCUT2D eigenvalue weighted by atomic mass is 9.51. The molecular weight excluding hydrogens is 336 g/mol. The zero-order valence-electron chi connectivity index (χ0n) is 17.5. The maximum Gasteiger partial charge on any atom is 0.191 e. The van der Waals surface area contributed by atoms with E-state index in [1.807, 2.05) is 0 Å². The Bertz CT molecular complexity index is 504. The number of hydrogen-bond acceptors (Lipinski definition) is 3. The van der Waals surface area contributed by atoms with E-state index in [-0.39, 0.29) is 0 Å². The molecule has 0 amide bonds. The zero-order valence-corrected chi connectivity index (χ0v) is 17.5. The summed E-state index contributed by atoms with van der Waals surface area (Å²) in [5, 5.41) is 7.57. The minimum atomic E-state index is 0.387. The molecule has 27 heavy (non-hydrogen) atoms. The van der Waals surface area contributed by atoms with Gasteiger partial charge in [0, 0.05) is 49.8 Å². The number of rotatable bonds is 6. The van der Waals surface area contributed by atoms with Crippen molar-refractivity contribution in [3.63, 3.8) is 0 Å². The van der Waals surface area contributed by atoms with Crippen LogP contribution in [0.15, 0.2) is 4.99 Å². The maximum atomic E-state index is 6.01. The van der Waals surface area contributed by atoms with Crippen LogP contribution in [0.3, 0.4) is 0 Å². The smallest absolute Gasteiger partial charge is 0.191 e. The number of hydrogen-bond donors (Lipinski definition) is 2. The number of nitrogens with zero attached hydrogens (tertiary/aromatic N) is 2. The molecule has 0 aromatic rings. The SMILES string of the molecule is CCN=C(NC1CCN(C2CCCC2)CC1)NC1CC(OCC)C12CCC2. The first-order valence-corrected chi connectivity index (χ1v) is 11.7. The summed E-state index contributed by atoms with van der Waals surface area (Å²) < 4.78 is 6.01. The summed E-state index contributed by atoms with van der Waals surface area (Å²) in [4.78, 5) is 7.52. The summed E-state index contributed by atoms with van der Waals surface area (Å²) in [5.74, 6) is 1.04. The molecule has 1 spiro atoms. The Morgan fingerprint density at radius 1 is 1.04 bits per heavy atom. The molecule has 0 bridgehead atoms. The normalized spacial score (nSPS) is 32.3. The highest BCUT2D eigenvalue weighted by Crippen LogP contribution is 2.57. The van der Waals surface area contributed by atoms with Gasteiger partial charge < -0.3 is 20.3 Å². The van der Waals surface area contributed by atoms with Crippen LogP contribution < -0.4 is 10.6 Å². The third kappa shape index (κ3) is 4.00. The van der Waals surface area contributed by atoms with Crippen molar-refractivity contribution in [2.24, 2.45) is 10.4 Å². The van der Waals surface area contributed by atoms with E-state index in [0.717, 1.165) is 31.6 Å². The van der Waals surface area contributed by atoms with Gasteiger partial charge in [-0.3, -0.25) is 4.99 Å². The maximum absolute atomic E-state index is 6.01. The van der Waals surface area contributed by atoms with Crippen LogP contribution in [-0.2, 0) is 4.74 Å². The van der Waals surface area contributed by atoms with Gasteiger partial charge in [-0.05, 0) is 58.8 Å². The van der Waals surface area contributed by atoms with Gasteiger partial charge in [-0.2, -0.15) is 0 Å². The Kier molecular flexibility index (Phi) is 6.28. The molecule has 3 saturated carbocycles. The van der Waals surface area contributed by atoms with Gasteiger partial charge >= 0.3 is 0 Å². The van der Waals surface area contributed by atoms with Gasteiger partial charge in [0.15, 0.2) is 5.96 Å². The predicted octanol–water partition coefficient (Wildman–Crippen LogP) is 3.30. The van der Waals surface area contributed by atoms with Crippen LogP contribution in [0, 0.1) is 5.41 Å². The quantitative estimate of drug-likeness (QED) is 0.552. The molecule has 4 fully saturated rings. The van der Waals surface area contributed by atoms with Crippen molar-refractivity contribution in [2.45, 2.75) is 102 Å². The highest BCUT2D eigenvalue weighted by atomic mass is 16.5. The number of piperidine rings is 1. The lowest BCUT2D eigenvalue weighted by molar-refractivity contribution is -0.168. The molecule has 1 heterocycles. The lowest BCUT2D eigenvalue weighted by Crippen LogP contribution is -2.69. The summed E-state index contributed by atoms with van der Waals surface area (Å²) in [6.45, 7) is 8.44. The molecule has 5 heteroatoms. The average molecular weight is 377 g/mol. The molecule has 2 N–H and O–H groups in total. The van der Waals surface area contributed by atoms with E-state index in [4.69, 9.17) is 9.73 Å². The second-order valence-electron chi connectivity index (χ2n) is 9.18. The topological polar surface area (TPSA) is 48.9 Å². The van der Waals surface area contributed by atoms with Crippen LogP contribution in [0.25, 0.3) is 0 Å². The van der Waals surface area contributed by atoms with E-state index in [2.05, 4.69) is 29.4 Å². The van der Waals surface area contributed by atoms with Crippen molar-refractivity contribution < 1.29 is 4.74 Å². The number of nitrogens with one attached hydrogen (secondary N) is 2. The highest BCUT2D eigenvalue weighted by molar-refractivity contribution is 5.80. The van der Waals surface area contributed by atoms with Gasteiger partial charge in [0.05, 0.1) is 6.10 Å². The molecule has 1 aliphatic heterocycles. The minimum Gasteiger partial charge on any atom is -0.378 e. The van der Waals surface area contributed by atoms with Gasteiger partial charge in [0.25, 0.3) is 0 Å². The molecule has 0 aromatic carbocycles. The van der Waals surface area contributed by atoms with Crippen molar-refractivity contribution >= 4 is 5.96 Å². The number of aliphatic imine (C=N–C) groups is 1. The monoisotopic (exact) mass is 376 g/mol. The summed E-state index contributed by atoms with van der Waals surface area (Å²) in [6, 6.07) is 1.98. The molecule has 1 saturated heterocycles. The largest absolute Gasteiger partial charge is 0.378 e. The van der Waals surface area contributed by atoms with Crippen LogP contribution in [0.1, 0.15) is 78.1 Å². The summed E-state index contributed by atoms with van der Waals surface area (Å²) in [5.41, 5.74) is 0.387. The van der Waals surface area contributed by atoms with Crippen molar-refractivity contribution in [1.29, 1.82) is 0 Å². The fraction of sp³-hybridized carbons (Fsp3) is 0.955. The lowest BCUT2D eigenvalue weighted by Gasteiger charge is -2.61. The van der Waals surface area contributed by atoms with Gasteiger partial charge in [-0.1, -0.05) is 19.3 Å². The summed E-state index contributed by atoms with van der Waals surface area (Å²) in [6.07, 6.45) is 13.8. The van der Waals surface area contributed by atoms with Crippen LogP contribution >= 0.6 is 0 Å². The Morgan fingerprint density at radius 3 is 2.37 bits per heavy atom. The van der Waals surface area contributed by atoms with Crippen molar-refractivity contribution in [3.8, 4) is 0 Å². The van der Waals surface area contributed by atoms with Crippen LogP contribution in [-0.4, -0.2) is 61.3 Å². The second-order valence-corrected chi connectivity index (χ2v) is 9.18. The Labute approximate surface area is 165 Å². The van der Waals surface area contributed by atoms with Crippen LogP contribution in [0.2, 0.25) is 0 Å².